The van der Waals surface area contributed by atoms with Crippen LogP contribution in [0.2, 0.25) is 0 Å². The first-order valence-corrected chi connectivity index (χ1v) is 13.1. The zero-order valence-electron chi connectivity index (χ0n) is 18.3. The van der Waals surface area contributed by atoms with Crippen LogP contribution < -0.4 is 20.7 Å². The predicted molar refractivity (Wildman–Crippen MR) is 141 cm³/mol. The first-order chi connectivity index (χ1) is 16.3. The van der Waals surface area contributed by atoms with Crippen LogP contribution in [0.4, 0.5) is 0 Å². The van der Waals surface area contributed by atoms with Crippen LogP contribution in [0.3, 0.4) is 0 Å². The van der Waals surface area contributed by atoms with Crippen LogP contribution in [0.25, 0.3) is 11.1 Å². The third-order valence-corrected chi connectivity index (χ3v) is 11.1. The molecule has 0 saturated heterocycles. The van der Waals surface area contributed by atoms with Crippen molar-refractivity contribution >= 4 is 35.1 Å². The average molecular weight is 441 g/mol. The van der Waals surface area contributed by atoms with Crippen molar-refractivity contribution < 1.29 is 4.79 Å². The number of hydrogen-bond acceptors (Lipinski definition) is 1. The smallest absolute Gasteiger partial charge is 0.179 e. The second-order valence-electron chi connectivity index (χ2n) is 8.17. The molecule has 33 heavy (non-hydrogen) atoms. The van der Waals surface area contributed by atoms with Crippen molar-refractivity contribution in [2.24, 2.45) is 0 Å². The van der Waals surface area contributed by atoms with Crippen LogP contribution in [0.1, 0.15) is 10.4 Å². The number of carbonyl (C=O) groups is 1. The lowest BCUT2D eigenvalue weighted by Crippen LogP contribution is -2.74. The first kappa shape index (κ1) is 20.9. The molecule has 0 aromatic heterocycles. The molecule has 0 fully saturated rings. The van der Waals surface area contributed by atoms with Crippen molar-refractivity contribution in [3.63, 3.8) is 0 Å². The van der Waals surface area contributed by atoms with Crippen LogP contribution in [-0.2, 0) is 0 Å². The van der Waals surface area contributed by atoms with Crippen LogP contribution in [0.5, 0.6) is 0 Å². The quantitative estimate of drug-likeness (QED) is 0.215. The van der Waals surface area contributed by atoms with Crippen molar-refractivity contribution in [3.05, 3.63) is 145 Å². The van der Waals surface area contributed by atoms with Crippen LogP contribution in [0.15, 0.2) is 140 Å². The highest BCUT2D eigenvalue weighted by Gasteiger charge is 2.41. The van der Waals surface area contributed by atoms with Crippen molar-refractivity contribution in [2.75, 3.05) is 0 Å². The molecule has 0 radical (unpaired) electrons. The highest BCUT2D eigenvalue weighted by molar-refractivity contribution is 7.19. The summed E-state index contributed by atoms with van der Waals surface area (Å²) in [7, 11) is -2.48. The Balaban J connectivity index is 1.73. The summed E-state index contributed by atoms with van der Waals surface area (Å²) >= 11 is 0. The number of hydrogen-bond donors (Lipinski definition) is 0. The average Bonchev–Trinajstić information content (AvgIpc) is 2.91. The first-order valence-electron chi connectivity index (χ1n) is 11.1. The molecule has 0 amide bonds. The molecular weight excluding hydrogens is 416 g/mol. The van der Waals surface area contributed by atoms with Crippen molar-refractivity contribution in [3.8, 4) is 11.1 Å². The number of rotatable bonds is 6. The Labute approximate surface area is 196 Å². The molecule has 5 aromatic rings. The van der Waals surface area contributed by atoms with Crippen molar-refractivity contribution in [1.29, 1.82) is 0 Å². The molecule has 0 spiro atoms. The van der Waals surface area contributed by atoms with Crippen molar-refractivity contribution in [1.82, 2.24) is 0 Å². The van der Waals surface area contributed by atoms with Crippen molar-refractivity contribution in [2.45, 2.75) is 0 Å². The lowest BCUT2D eigenvalue weighted by Gasteiger charge is -2.34. The fourth-order valence-electron chi connectivity index (χ4n) is 4.73. The van der Waals surface area contributed by atoms with Crippen LogP contribution in [-0.4, -0.2) is 14.4 Å². The summed E-state index contributed by atoms with van der Waals surface area (Å²) in [6.45, 7) is 0. The van der Waals surface area contributed by atoms with Gasteiger partial charge in [0.1, 0.15) is 6.29 Å². The number of benzene rings is 5. The summed E-state index contributed by atoms with van der Waals surface area (Å²) in [6.07, 6.45) is 0.881. The third kappa shape index (κ3) is 3.86. The Bertz CT molecular complexity index is 1230. The monoisotopic (exact) mass is 440 g/mol. The van der Waals surface area contributed by atoms with E-state index < -0.39 is 8.07 Å². The van der Waals surface area contributed by atoms with E-state index in [1.807, 2.05) is 24.3 Å². The largest absolute Gasteiger partial charge is 0.298 e. The lowest BCUT2D eigenvalue weighted by molar-refractivity contribution is 0.112. The summed E-state index contributed by atoms with van der Waals surface area (Å²) in [5.41, 5.74) is 2.95. The molecule has 5 aromatic carbocycles. The SMILES string of the molecule is O=Cc1ccc(-c2ccc([Si](c3ccccc3)(c3ccccc3)c3ccccc3)cc2)cc1. The Kier molecular flexibility index (Phi) is 5.84. The summed E-state index contributed by atoms with van der Waals surface area (Å²) in [5.74, 6) is 0. The lowest BCUT2D eigenvalue weighted by atomic mass is 10.0. The van der Waals surface area contributed by atoms with Gasteiger partial charge in [-0.05, 0) is 31.9 Å². The highest BCUT2D eigenvalue weighted by Crippen LogP contribution is 2.20. The fourth-order valence-corrected chi connectivity index (χ4v) is 9.48. The maximum absolute atomic E-state index is 11.0. The maximum Gasteiger partial charge on any atom is 0.179 e. The van der Waals surface area contributed by atoms with E-state index >= 15 is 0 Å². The second-order valence-corrected chi connectivity index (χ2v) is 12.0. The van der Waals surface area contributed by atoms with E-state index in [2.05, 4.69) is 115 Å². The minimum atomic E-state index is -2.48. The van der Waals surface area contributed by atoms with Gasteiger partial charge in [0.2, 0.25) is 0 Å². The van der Waals surface area contributed by atoms with E-state index in [0.29, 0.717) is 5.56 Å². The molecule has 0 N–H and O–H groups in total. The van der Waals surface area contributed by atoms with Gasteiger partial charge in [-0.2, -0.15) is 0 Å². The van der Waals surface area contributed by atoms with Gasteiger partial charge in [0, 0.05) is 5.56 Å². The van der Waals surface area contributed by atoms with E-state index in [-0.39, 0.29) is 0 Å². The molecule has 0 unspecified atom stereocenters. The summed E-state index contributed by atoms with van der Waals surface area (Å²) < 4.78 is 0. The van der Waals surface area contributed by atoms with Gasteiger partial charge in [-0.3, -0.25) is 4.79 Å². The molecule has 2 heteroatoms. The zero-order valence-corrected chi connectivity index (χ0v) is 19.3. The Morgan fingerprint density at radius 3 is 1.09 bits per heavy atom. The van der Waals surface area contributed by atoms with E-state index in [1.165, 1.54) is 20.7 Å². The normalized spacial score (nSPS) is 11.2. The minimum absolute atomic E-state index is 0.694. The maximum atomic E-state index is 11.0. The predicted octanol–water partition coefficient (Wildman–Crippen LogP) is 4.54. The fraction of sp³-hybridized carbons (Fsp3) is 0. The molecule has 0 heterocycles. The van der Waals surface area contributed by atoms with E-state index in [1.54, 1.807) is 0 Å². The molecule has 5 rings (SSSR count). The topological polar surface area (TPSA) is 17.1 Å². The highest BCUT2D eigenvalue weighted by atomic mass is 28.3. The molecule has 0 aliphatic rings. The zero-order chi connectivity index (χ0) is 22.5. The van der Waals surface area contributed by atoms with Gasteiger partial charge >= 0.3 is 0 Å². The molecular formula is C31H24OSi. The van der Waals surface area contributed by atoms with Gasteiger partial charge < -0.3 is 0 Å². The minimum Gasteiger partial charge on any atom is -0.298 e. The number of carbonyl (C=O) groups excluding carboxylic acids is 1. The molecule has 0 aliphatic heterocycles. The summed E-state index contributed by atoms with van der Waals surface area (Å²) in [5, 5.41) is 5.45. The molecule has 0 bridgehead atoms. The molecule has 158 valence electrons. The molecule has 0 aliphatic carbocycles. The van der Waals surface area contributed by atoms with Crippen LogP contribution in [0, 0.1) is 0 Å². The van der Waals surface area contributed by atoms with Gasteiger partial charge in [-0.1, -0.05) is 140 Å². The standard InChI is InChI=1S/C31H24OSi/c32-24-25-16-18-26(19-17-25)27-20-22-31(23-21-27)33(28-10-4-1-5-11-28,29-12-6-2-7-13-29)30-14-8-3-9-15-30/h1-24H. The molecule has 0 atom stereocenters. The van der Waals surface area contributed by atoms with Gasteiger partial charge in [-0.25, -0.2) is 0 Å². The molecule has 1 nitrogen and oxygen atoms in total. The van der Waals surface area contributed by atoms with E-state index in [0.717, 1.165) is 17.4 Å². The summed E-state index contributed by atoms with van der Waals surface area (Å²) in [6, 6.07) is 49.6. The van der Waals surface area contributed by atoms with Gasteiger partial charge in [0.05, 0.1) is 0 Å². The van der Waals surface area contributed by atoms with Gasteiger partial charge in [-0.15, -0.1) is 0 Å². The Hall–Kier alpha value is -4.01. The van der Waals surface area contributed by atoms with E-state index in [4.69, 9.17) is 0 Å². The Morgan fingerprint density at radius 1 is 0.394 bits per heavy atom. The molecule has 0 saturated carbocycles. The van der Waals surface area contributed by atoms with Gasteiger partial charge in [0.15, 0.2) is 8.07 Å². The second kappa shape index (κ2) is 9.23. The van der Waals surface area contributed by atoms with E-state index in [9.17, 15) is 4.79 Å². The number of aldehydes is 1. The third-order valence-electron chi connectivity index (χ3n) is 6.32. The van der Waals surface area contributed by atoms with Crippen LogP contribution >= 0.6 is 0 Å². The van der Waals surface area contributed by atoms with Gasteiger partial charge in [0.25, 0.3) is 0 Å². The summed E-state index contributed by atoms with van der Waals surface area (Å²) in [4.78, 5) is 11.0. The Morgan fingerprint density at radius 2 is 0.727 bits per heavy atom.